The summed E-state index contributed by atoms with van der Waals surface area (Å²) in [5, 5.41) is 10.8. The molecule has 0 aliphatic carbocycles. The van der Waals surface area contributed by atoms with Crippen molar-refractivity contribution in [3.8, 4) is 5.75 Å². The van der Waals surface area contributed by atoms with Crippen LogP contribution in [0.15, 0.2) is 48.5 Å². The highest BCUT2D eigenvalue weighted by atomic mass is 35.5. The molecular formula is C16H15ClN2O4. The summed E-state index contributed by atoms with van der Waals surface area (Å²) >= 11 is 6.03. The number of hydrogen-bond acceptors (Lipinski definition) is 4. The SMILES string of the molecule is CN(C)C(=O)C(Oc1ccc([N+](=O)[O-])cc1Cl)c1ccccc1. The Bertz CT molecular complexity index is 719. The van der Waals surface area contributed by atoms with E-state index in [1.807, 2.05) is 6.07 Å². The molecule has 1 amide bonds. The van der Waals surface area contributed by atoms with Crippen LogP contribution in [0.2, 0.25) is 5.02 Å². The van der Waals surface area contributed by atoms with Crippen molar-refractivity contribution in [3.63, 3.8) is 0 Å². The molecule has 23 heavy (non-hydrogen) atoms. The summed E-state index contributed by atoms with van der Waals surface area (Å²) in [6.07, 6.45) is -0.884. The normalized spacial score (nSPS) is 11.6. The van der Waals surface area contributed by atoms with Gasteiger partial charge in [-0.1, -0.05) is 41.9 Å². The van der Waals surface area contributed by atoms with Crippen LogP contribution in [-0.2, 0) is 4.79 Å². The van der Waals surface area contributed by atoms with Gasteiger partial charge in [-0.25, -0.2) is 0 Å². The second-order valence-corrected chi connectivity index (χ2v) is 5.42. The minimum absolute atomic E-state index is 0.0756. The van der Waals surface area contributed by atoms with Gasteiger partial charge in [0.2, 0.25) is 6.10 Å². The Morgan fingerprint density at radius 1 is 1.22 bits per heavy atom. The van der Waals surface area contributed by atoms with E-state index in [1.165, 1.54) is 23.1 Å². The lowest BCUT2D eigenvalue weighted by Crippen LogP contribution is -2.31. The third-order valence-corrected chi connectivity index (χ3v) is 3.43. The first-order valence-corrected chi connectivity index (χ1v) is 7.14. The third kappa shape index (κ3) is 3.98. The molecule has 0 saturated carbocycles. The van der Waals surface area contributed by atoms with E-state index < -0.39 is 11.0 Å². The second kappa shape index (κ2) is 7.11. The van der Waals surface area contributed by atoms with Crippen LogP contribution >= 0.6 is 11.6 Å². The topological polar surface area (TPSA) is 72.7 Å². The van der Waals surface area contributed by atoms with Crippen molar-refractivity contribution >= 4 is 23.2 Å². The first kappa shape index (κ1) is 16.8. The van der Waals surface area contributed by atoms with E-state index in [0.717, 1.165) is 0 Å². The maximum atomic E-state index is 12.4. The van der Waals surface area contributed by atoms with E-state index in [1.54, 1.807) is 38.4 Å². The number of nitro groups is 1. The highest BCUT2D eigenvalue weighted by molar-refractivity contribution is 6.32. The molecule has 0 aromatic heterocycles. The number of carbonyl (C=O) groups is 1. The fraction of sp³-hybridized carbons (Fsp3) is 0.188. The number of benzene rings is 2. The van der Waals surface area contributed by atoms with E-state index in [4.69, 9.17) is 16.3 Å². The van der Waals surface area contributed by atoms with Crippen LogP contribution in [0.3, 0.4) is 0 Å². The minimum Gasteiger partial charge on any atom is -0.474 e. The Kier molecular flexibility index (Phi) is 5.18. The van der Waals surface area contributed by atoms with Gasteiger partial charge in [0, 0.05) is 31.8 Å². The summed E-state index contributed by atoms with van der Waals surface area (Å²) < 4.78 is 5.74. The Morgan fingerprint density at radius 3 is 2.39 bits per heavy atom. The van der Waals surface area contributed by atoms with Gasteiger partial charge in [0.05, 0.1) is 9.95 Å². The average Bonchev–Trinajstić information content (AvgIpc) is 2.53. The molecule has 0 bridgehead atoms. The van der Waals surface area contributed by atoms with Crippen LogP contribution in [0.1, 0.15) is 11.7 Å². The maximum absolute atomic E-state index is 12.4. The number of rotatable bonds is 5. The van der Waals surface area contributed by atoms with Crippen molar-refractivity contribution in [2.75, 3.05) is 14.1 Å². The van der Waals surface area contributed by atoms with Crippen LogP contribution in [0, 0.1) is 10.1 Å². The van der Waals surface area contributed by atoms with E-state index in [9.17, 15) is 14.9 Å². The molecule has 2 rings (SSSR count). The molecule has 1 atom stereocenters. The van der Waals surface area contributed by atoms with Gasteiger partial charge in [-0.2, -0.15) is 0 Å². The molecule has 0 heterocycles. The van der Waals surface area contributed by atoms with Gasteiger partial charge in [0.25, 0.3) is 11.6 Å². The predicted octanol–water partition coefficient (Wildman–Crippen LogP) is 3.46. The molecule has 2 aromatic carbocycles. The maximum Gasteiger partial charge on any atom is 0.271 e. The molecular weight excluding hydrogens is 320 g/mol. The highest BCUT2D eigenvalue weighted by Gasteiger charge is 2.25. The van der Waals surface area contributed by atoms with Gasteiger partial charge in [-0.05, 0) is 6.07 Å². The second-order valence-electron chi connectivity index (χ2n) is 5.01. The van der Waals surface area contributed by atoms with Gasteiger partial charge >= 0.3 is 0 Å². The molecule has 0 aliphatic heterocycles. The lowest BCUT2D eigenvalue weighted by atomic mass is 10.1. The molecule has 120 valence electrons. The van der Waals surface area contributed by atoms with Crippen LogP contribution in [0.5, 0.6) is 5.75 Å². The van der Waals surface area contributed by atoms with E-state index in [0.29, 0.717) is 5.56 Å². The number of nitrogens with zero attached hydrogens (tertiary/aromatic N) is 2. The molecule has 0 radical (unpaired) electrons. The van der Waals surface area contributed by atoms with Gasteiger partial charge in [0.15, 0.2) is 0 Å². The zero-order chi connectivity index (χ0) is 17.0. The number of likely N-dealkylation sites (N-methyl/N-ethyl adjacent to an activating group) is 1. The zero-order valence-electron chi connectivity index (χ0n) is 12.6. The molecule has 7 heteroatoms. The molecule has 0 N–H and O–H groups in total. The molecule has 0 aliphatic rings. The van der Waals surface area contributed by atoms with Crippen LogP contribution in [-0.4, -0.2) is 29.8 Å². The van der Waals surface area contributed by atoms with Crippen molar-refractivity contribution in [3.05, 3.63) is 69.2 Å². The van der Waals surface area contributed by atoms with Crippen LogP contribution in [0.25, 0.3) is 0 Å². The van der Waals surface area contributed by atoms with Crippen molar-refractivity contribution in [2.45, 2.75) is 6.10 Å². The first-order chi connectivity index (χ1) is 10.9. The fourth-order valence-corrected chi connectivity index (χ4v) is 2.17. The van der Waals surface area contributed by atoms with Crippen molar-refractivity contribution in [1.82, 2.24) is 4.90 Å². The Morgan fingerprint density at radius 2 is 1.87 bits per heavy atom. The first-order valence-electron chi connectivity index (χ1n) is 6.77. The van der Waals surface area contributed by atoms with Gasteiger partial charge in [-0.15, -0.1) is 0 Å². The Labute approximate surface area is 138 Å². The summed E-state index contributed by atoms with van der Waals surface area (Å²) in [5.74, 6) is -0.0491. The summed E-state index contributed by atoms with van der Waals surface area (Å²) in [6, 6.07) is 12.8. The van der Waals surface area contributed by atoms with Crippen molar-refractivity contribution < 1.29 is 14.5 Å². The standard InChI is InChI=1S/C16H15ClN2O4/c1-18(2)16(20)15(11-6-4-3-5-7-11)23-14-9-8-12(19(21)22)10-13(14)17/h3-10,15H,1-2H3. The molecule has 2 aromatic rings. The van der Waals surface area contributed by atoms with Crippen molar-refractivity contribution in [2.24, 2.45) is 0 Å². The molecule has 1 unspecified atom stereocenters. The Hall–Kier alpha value is -2.60. The van der Waals surface area contributed by atoms with Crippen molar-refractivity contribution in [1.29, 1.82) is 0 Å². The fourth-order valence-electron chi connectivity index (χ4n) is 1.95. The monoisotopic (exact) mass is 334 g/mol. The summed E-state index contributed by atoms with van der Waals surface area (Å²) in [7, 11) is 3.25. The van der Waals surface area contributed by atoms with Gasteiger partial charge in [-0.3, -0.25) is 14.9 Å². The quantitative estimate of drug-likeness (QED) is 0.620. The van der Waals surface area contributed by atoms with Gasteiger partial charge < -0.3 is 9.64 Å². The number of hydrogen-bond donors (Lipinski definition) is 0. The number of non-ortho nitro benzene ring substituents is 1. The van der Waals surface area contributed by atoms with Crippen LogP contribution in [0.4, 0.5) is 5.69 Å². The molecule has 0 saturated heterocycles. The number of carbonyl (C=O) groups excluding carboxylic acids is 1. The van der Waals surface area contributed by atoms with E-state index >= 15 is 0 Å². The Balaban J connectivity index is 2.35. The number of halogens is 1. The zero-order valence-corrected chi connectivity index (χ0v) is 13.4. The lowest BCUT2D eigenvalue weighted by Gasteiger charge is -2.22. The smallest absolute Gasteiger partial charge is 0.271 e. The van der Waals surface area contributed by atoms with E-state index in [2.05, 4.69) is 0 Å². The largest absolute Gasteiger partial charge is 0.474 e. The third-order valence-electron chi connectivity index (χ3n) is 3.14. The lowest BCUT2D eigenvalue weighted by molar-refractivity contribution is -0.384. The predicted molar refractivity (Wildman–Crippen MR) is 86.6 cm³/mol. The molecule has 0 spiro atoms. The number of amides is 1. The number of ether oxygens (including phenoxy) is 1. The summed E-state index contributed by atoms with van der Waals surface area (Å²) in [4.78, 5) is 24.0. The van der Waals surface area contributed by atoms with Gasteiger partial charge in [0.1, 0.15) is 5.75 Å². The molecule has 0 fully saturated rings. The van der Waals surface area contributed by atoms with E-state index in [-0.39, 0.29) is 22.4 Å². The molecule has 6 nitrogen and oxygen atoms in total. The summed E-state index contributed by atoms with van der Waals surface area (Å²) in [5.41, 5.74) is 0.526. The number of nitro benzene ring substituents is 1. The van der Waals surface area contributed by atoms with Crippen LogP contribution < -0.4 is 4.74 Å². The average molecular weight is 335 g/mol. The highest BCUT2D eigenvalue weighted by Crippen LogP contribution is 2.32. The summed E-state index contributed by atoms with van der Waals surface area (Å²) in [6.45, 7) is 0. The minimum atomic E-state index is -0.884.